The number of amides is 2. The second kappa shape index (κ2) is 11.6. The van der Waals surface area contributed by atoms with Crippen molar-refractivity contribution in [3.63, 3.8) is 0 Å². The van der Waals surface area contributed by atoms with Crippen molar-refractivity contribution < 1.29 is 23.8 Å². The third-order valence-corrected chi connectivity index (χ3v) is 6.71. The Balaban J connectivity index is 1.87. The average Bonchev–Trinajstić information content (AvgIpc) is 2.81. The number of aliphatic hydroxyl groups is 1. The summed E-state index contributed by atoms with van der Waals surface area (Å²) in [6, 6.07) is 13.8. The smallest absolute Gasteiger partial charge is 0.414 e. The van der Waals surface area contributed by atoms with Crippen LogP contribution in [-0.2, 0) is 16.1 Å². The Hall–Kier alpha value is -3.30. The minimum absolute atomic E-state index is 0.00729. The second-order valence-corrected chi connectivity index (χ2v) is 11.3. The van der Waals surface area contributed by atoms with E-state index in [2.05, 4.69) is 10.6 Å². The first kappa shape index (κ1) is 29.3. The fourth-order valence-corrected chi connectivity index (χ4v) is 4.08. The molecule has 3 N–H and O–H groups in total. The molecule has 206 valence electrons. The van der Waals surface area contributed by atoms with Crippen LogP contribution >= 0.6 is 0 Å². The van der Waals surface area contributed by atoms with Gasteiger partial charge in [0.15, 0.2) is 0 Å². The minimum atomic E-state index is -1.07. The molecule has 3 rings (SSSR count). The molecule has 1 aliphatic rings. The average molecular weight is 527 g/mol. The fraction of sp³-hybridized carbons (Fsp3) is 0.483. The molecule has 8 nitrogen and oxygen atoms in total. The molecule has 1 heterocycles. The lowest BCUT2D eigenvalue weighted by atomic mass is 9.84. The highest BCUT2D eigenvalue weighted by Gasteiger charge is 2.40. The van der Waals surface area contributed by atoms with Crippen LogP contribution in [0.1, 0.15) is 83.8 Å². The fourth-order valence-electron chi connectivity index (χ4n) is 4.08. The van der Waals surface area contributed by atoms with E-state index in [-0.39, 0.29) is 42.4 Å². The normalized spacial score (nSPS) is 19.7. The monoisotopic (exact) mass is 526 g/mol. The zero-order valence-electron chi connectivity index (χ0n) is 23.2. The summed E-state index contributed by atoms with van der Waals surface area (Å²) in [5.74, 6) is -0.827. The number of carbonyl (C=O) groups is 2. The summed E-state index contributed by atoms with van der Waals surface area (Å²) in [6.07, 6.45) is -1.73. The molecule has 38 heavy (non-hydrogen) atoms. The molecule has 2 amide bonds. The first-order valence-corrected chi connectivity index (χ1v) is 12.9. The maximum Gasteiger partial charge on any atom is 0.414 e. The van der Waals surface area contributed by atoms with Crippen molar-refractivity contribution in [3.05, 3.63) is 71.0 Å². The van der Waals surface area contributed by atoms with Gasteiger partial charge in [0.25, 0.3) is 0 Å². The lowest BCUT2D eigenvalue weighted by Gasteiger charge is -2.38. The number of rotatable bonds is 7. The molecule has 0 saturated heterocycles. The molecule has 0 bridgehead atoms. The minimum Gasteiger partial charge on any atom is -0.444 e. The van der Waals surface area contributed by atoms with Crippen LogP contribution in [0.15, 0.2) is 53.5 Å². The van der Waals surface area contributed by atoms with Gasteiger partial charge in [0.2, 0.25) is 11.9 Å². The van der Waals surface area contributed by atoms with Crippen molar-refractivity contribution in [2.45, 2.75) is 84.8 Å². The SMILES string of the molecule is CC(NC(O)c1ccc(F)c(CN2C(=O)CC(C)(C(C)C)N=C2NC(=O)OC(C)(C)C)c1)c1ccccc1. The quantitative estimate of drug-likeness (QED) is 0.431. The van der Waals surface area contributed by atoms with Crippen LogP contribution in [0, 0.1) is 11.7 Å². The summed E-state index contributed by atoms with van der Waals surface area (Å²) in [6.45, 7) is 12.7. The zero-order valence-corrected chi connectivity index (χ0v) is 23.2. The number of aliphatic hydroxyl groups excluding tert-OH is 1. The standard InChI is InChI=1S/C29H39FN4O4/c1-18(2)29(7)16-24(35)34(26(33-29)32-27(37)38-28(4,5)6)17-22-15-21(13-14-23(22)30)25(36)31-19(3)20-11-9-8-10-12-20/h8-15,18-19,25,31,36H,16-17H2,1-7H3,(H,32,33,37). The topological polar surface area (TPSA) is 103 Å². The Morgan fingerprint density at radius 1 is 1.16 bits per heavy atom. The van der Waals surface area contributed by atoms with Gasteiger partial charge in [-0.1, -0.05) is 50.2 Å². The third-order valence-electron chi connectivity index (χ3n) is 6.71. The summed E-state index contributed by atoms with van der Waals surface area (Å²) < 4.78 is 20.3. The van der Waals surface area contributed by atoms with Crippen molar-refractivity contribution in [1.82, 2.24) is 15.5 Å². The molecule has 1 aliphatic heterocycles. The summed E-state index contributed by atoms with van der Waals surface area (Å²) in [7, 11) is 0. The van der Waals surface area contributed by atoms with E-state index < -0.39 is 29.3 Å². The van der Waals surface area contributed by atoms with Gasteiger partial charge in [-0.3, -0.25) is 20.3 Å². The van der Waals surface area contributed by atoms with E-state index in [9.17, 15) is 19.1 Å². The summed E-state index contributed by atoms with van der Waals surface area (Å²) in [5, 5.41) is 16.5. The van der Waals surface area contributed by atoms with E-state index >= 15 is 0 Å². The molecule has 0 aliphatic carbocycles. The first-order valence-electron chi connectivity index (χ1n) is 12.9. The summed E-state index contributed by atoms with van der Waals surface area (Å²) >= 11 is 0. The largest absolute Gasteiger partial charge is 0.444 e. The number of nitrogens with one attached hydrogen (secondary N) is 2. The molecular formula is C29H39FN4O4. The van der Waals surface area contributed by atoms with Crippen LogP contribution in [0.3, 0.4) is 0 Å². The number of ether oxygens (including phenoxy) is 1. The molecule has 0 aromatic heterocycles. The summed E-state index contributed by atoms with van der Waals surface area (Å²) in [4.78, 5) is 31.8. The number of halogens is 1. The molecular weight excluding hydrogens is 487 g/mol. The van der Waals surface area contributed by atoms with Crippen LogP contribution in [0.25, 0.3) is 0 Å². The lowest BCUT2D eigenvalue weighted by Crippen LogP contribution is -2.55. The van der Waals surface area contributed by atoms with E-state index in [1.165, 1.54) is 23.1 Å². The molecule has 0 radical (unpaired) electrons. The Bertz CT molecular complexity index is 1180. The maximum absolute atomic E-state index is 14.9. The van der Waals surface area contributed by atoms with Gasteiger partial charge in [-0.15, -0.1) is 0 Å². The summed E-state index contributed by atoms with van der Waals surface area (Å²) in [5.41, 5.74) is 0.118. The van der Waals surface area contributed by atoms with E-state index in [0.29, 0.717) is 5.56 Å². The van der Waals surface area contributed by atoms with Gasteiger partial charge in [0.05, 0.1) is 18.5 Å². The molecule has 2 aromatic carbocycles. The van der Waals surface area contributed by atoms with E-state index in [4.69, 9.17) is 9.73 Å². The lowest BCUT2D eigenvalue weighted by molar-refractivity contribution is -0.130. The maximum atomic E-state index is 14.9. The van der Waals surface area contributed by atoms with Crippen LogP contribution in [-0.4, -0.2) is 39.1 Å². The molecule has 0 fully saturated rings. The predicted octanol–water partition coefficient (Wildman–Crippen LogP) is 5.20. The van der Waals surface area contributed by atoms with Crippen LogP contribution < -0.4 is 10.6 Å². The number of benzene rings is 2. The molecule has 3 atom stereocenters. The predicted molar refractivity (Wildman–Crippen MR) is 145 cm³/mol. The second-order valence-electron chi connectivity index (χ2n) is 11.3. The molecule has 0 saturated carbocycles. The Morgan fingerprint density at radius 2 is 1.82 bits per heavy atom. The molecule has 9 heteroatoms. The number of carbonyl (C=O) groups excluding carboxylic acids is 2. The van der Waals surface area contributed by atoms with E-state index in [1.807, 2.05) is 58.0 Å². The molecule has 0 spiro atoms. The number of nitrogens with zero attached hydrogens (tertiary/aromatic N) is 2. The highest BCUT2D eigenvalue weighted by Crippen LogP contribution is 2.31. The third kappa shape index (κ3) is 7.39. The van der Waals surface area contributed by atoms with E-state index in [0.717, 1.165) is 5.56 Å². The van der Waals surface area contributed by atoms with Gasteiger partial charge in [0.1, 0.15) is 17.6 Å². The van der Waals surface area contributed by atoms with Gasteiger partial charge >= 0.3 is 6.09 Å². The van der Waals surface area contributed by atoms with Crippen molar-refractivity contribution in [2.75, 3.05) is 0 Å². The van der Waals surface area contributed by atoms with E-state index in [1.54, 1.807) is 20.8 Å². The molecule has 2 aromatic rings. The Morgan fingerprint density at radius 3 is 2.42 bits per heavy atom. The van der Waals surface area contributed by atoms with Gasteiger partial charge in [-0.25, -0.2) is 14.2 Å². The van der Waals surface area contributed by atoms with Crippen LogP contribution in [0.2, 0.25) is 0 Å². The van der Waals surface area contributed by atoms with Crippen LogP contribution in [0.5, 0.6) is 0 Å². The number of guanidine groups is 1. The number of hydrogen-bond donors (Lipinski definition) is 3. The zero-order chi connectivity index (χ0) is 28.3. The Kier molecular flexibility index (Phi) is 8.94. The first-order chi connectivity index (χ1) is 17.7. The Labute approximate surface area is 224 Å². The van der Waals surface area contributed by atoms with Crippen molar-refractivity contribution in [1.29, 1.82) is 0 Å². The van der Waals surface area contributed by atoms with Crippen molar-refractivity contribution in [2.24, 2.45) is 10.9 Å². The van der Waals surface area contributed by atoms with Gasteiger partial charge in [-0.2, -0.15) is 0 Å². The number of alkyl carbamates (subject to hydrolysis) is 1. The van der Waals surface area contributed by atoms with Gasteiger partial charge in [-0.05, 0) is 63.8 Å². The van der Waals surface area contributed by atoms with Gasteiger partial charge < -0.3 is 9.84 Å². The number of hydrogen-bond acceptors (Lipinski definition) is 6. The van der Waals surface area contributed by atoms with Crippen molar-refractivity contribution in [3.8, 4) is 0 Å². The van der Waals surface area contributed by atoms with Crippen molar-refractivity contribution >= 4 is 18.0 Å². The highest BCUT2D eigenvalue weighted by atomic mass is 19.1. The molecule has 3 unspecified atom stereocenters. The number of aliphatic imine (C=N–C) groups is 1. The highest BCUT2D eigenvalue weighted by molar-refractivity contribution is 6.05. The van der Waals surface area contributed by atoms with Crippen LogP contribution in [0.4, 0.5) is 9.18 Å². The van der Waals surface area contributed by atoms with Gasteiger partial charge in [0, 0.05) is 11.6 Å².